The highest BCUT2D eigenvalue weighted by atomic mass is 32.2. The Bertz CT molecular complexity index is 704. The Balaban J connectivity index is 2.18. The van der Waals surface area contributed by atoms with Crippen LogP contribution in [0.3, 0.4) is 0 Å². The average Bonchev–Trinajstić information content (AvgIpc) is 2.47. The largest absolute Gasteiger partial charge is 0.395 e. The van der Waals surface area contributed by atoms with Crippen molar-refractivity contribution in [3.8, 4) is 0 Å². The zero-order valence-electron chi connectivity index (χ0n) is 12.0. The minimum Gasteiger partial charge on any atom is -0.395 e. The van der Waals surface area contributed by atoms with E-state index in [2.05, 4.69) is 0 Å². The number of aliphatic hydroxyl groups excluding tert-OH is 1. The second-order valence-corrected chi connectivity index (χ2v) is 6.90. The fraction of sp³-hybridized carbons (Fsp3) is 0.250. The van der Waals surface area contributed by atoms with E-state index < -0.39 is 15.8 Å². The van der Waals surface area contributed by atoms with Crippen LogP contribution in [0.25, 0.3) is 0 Å². The normalized spacial score (nSPS) is 11.8. The van der Waals surface area contributed by atoms with E-state index in [0.717, 1.165) is 5.56 Å². The van der Waals surface area contributed by atoms with Crippen molar-refractivity contribution in [2.75, 3.05) is 13.2 Å². The van der Waals surface area contributed by atoms with Crippen molar-refractivity contribution in [1.82, 2.24) is 4.31 Å². The van der Waals surface area contributed by atoms with Crippen LogP contribution >= 0.6 is 0 Å². The standard InChI is InChI=1S/C16H18FNO3S/c17-16-8-4-7-15(11-16)13-22(20,21)18(9-10-19)12-14-5-2-1-3-6-14/h1-8,11,19H,9-10,12-13H2. The lowest BCUT2D eigenvalue weighted by atomic mass is 10.2. The van der Waals surface area contributed by atoms with E-state index in [1.54, 1.807) is 6.07 Å². The molecule has 0 aliphatic rings. The summed E-state index contributed by atoms with van der Waals surface area (Å²) < 4.78 is 39.4. The van der Waals surface area contributed by atoms with Crippen LogP contribution in [-0.2, 0) is 22.3 Å². The molecule has 2 rings (SSSR count). The third-order valence-corrected chi connectivity index (χ3v) is 4.98. The third-order valence-electron chi connectivity index (χ3n) is 3.18. The highest BCUT2D eigenvalue weighted by Gasteiger charge is 2.22. The average molecular weight is 323 g/mol. The Morgan fingerprint density at radius 1 is 1.00 bits per heavy atom. The Labute approximate surface area is 129 Å². The third kappa shape index (κ3) is 4.62. The molecule has 0 bridgehead atoms. The fourth-order valence-electron chi connectivity index (χ4n) is 2.14. The van der Waals surface area contributed by atoms with Crippen LogP contribution in [0.1, 0.15) is 11.1 Å². The molecule has 0 aromatic heterocycles. The van der Waals surface area contributed by atoms with Crippen molar-refractivity contribution in [2.24, 2.45) is 0 Å². The van der Waals surface area contributed by atoms with Crippen LogP contribution < -0.4 is 0 Å². The summed E-state index contributed by atoms with van der Waals surface area (Å²) >= 11 is 0. The smallest absolute Gasteiger partial charge is 0.218 e. The summed E-state index contributed by atoms with van der Waals surface area (Å²) in [4.78, 5) is 0. The van der Waals surface area contributed by atoms with Crippen molar-refractivity contribution < 1.29 is 17.9 Å². The molecule has 2 aromatic carbocycles. The maximum atomic E-state index is 13.2. The highest BCUT2D eigenvalue weighted by molar-refractivity contribution is 7.88. The number of aliphatic hydroxyl groups is 1. The molecule has 4 nitrogen and oxygen atoms in total. The summed E-state index contributed by atoms with van der Waals surface area (Å²) in [6, 6.07) is 14.7. The lowest BCUT2D eigenvalue weighted by Crippen LogP contribution is -2.34. The molecule has 0 amide bonds. The van der Waals surface area contributed by atoms with Gasteiger partial charge in [0, 0.05) is 13.1 Å². The first-order valence-electron chi connectivity index (χ1n) is 6.88. The summed E-state index contributed by atoms with van der Waals surface area (Å²) in [6.07, 6.45) is 0. The summed E-state index contributed by atoms with van der Waals surface area (Å²) in [5.74, 6) is -0.762. The first-order valence-corrected chi connectivity index (χ1v) is 8.49. The molecule has 0 aliphatic heterocycles. The Morgan fingerprint density at radius 3 is 2.32 bits per heavy atom. The van der Waals surface area contributed by atoms with Gasteiger partial charge in [-0.2, -0.15) is 4.31 Å². The van der Waals surface area contributed by atoms with Crippen LogP contribution in [-0.4, -0.2) is 31.0 Å². The number of sulfonamides is 1. The fourth-order valence-corrected chi connectivity index (χ4v) is 3.63. The van der Waals surface area contributed by atoms with Gasteiger partial charge in [0.05, 0.1) is 12.4 Å². The molecule has 0 fully saturated rings. The monoisotopic (exact) mass is 323 g/mol. The quantitative estimate of drug-likeness (QED) is 0.849. The molecule has 22 heavy (non-hydrogen) atoms. The molecule has 0 saturated carbocycles. The highest BCUT2D eigenvalue weighted by Crippen LogP contribution is 2.15. The van der Waals surface area contributed by atoms with E-state index in [0.29, 0.717) is 5.56 Å². The van der Waals surface area contributed by atoms with Gasteiger partial charge in [0.2, 0.25) is 10.0 Å². The number of benzene rings is 2. The van der Waals surface area contributed by atoms with Crippen LogP contribution in [0.2, 0.25) is 0 Å². The van der Waals surface area contributed by atoms with Crippen molar-refractivity contribution in [1.29, 1.82) is 0 Å². The molecule has 0 radical (unpaired) electrons. The zero-order chi connectivity index (χ0) is 16.0. The number of hydrogen-bond acceptors (Lipinski definition) is 3. The lowest BCUT2D eigenvalue weighted by Gasteiger charge is -2.21. The first kappa shape index (κ1) is 16.6. The van der Waals surface area contributed by atoms with Crippen LogP contribution in [0.15, 0.2) is 54.6 Å². The van der Waals surface area contributed by atoms with E-state index in [-0.39, 0.29) is 25.4 Å². The molecule has 0 unspecified atom stereocenters. The van der Waals surface area contributed by atoms with Gasteiger partial charge in [0.15, 0.2) is 0 Å². The van der Waals surface area contributed by atoms with E-state index >= 15 is 0 Å². The molecule has 0 aliphatic carbocycles. The molecule has 6 heteroatoms. The summed E-state index contributed by atoms with van der Waals surface area (Å²) in [5.41, 5.74) is 1.22. The Morgan fingerprint density at radius 2 is 1.68 bits per heavy atom. The van der Waals surface area contributed by atoms with Gasteiger partial charge in [-0.15, -0.1) is 0 Å². The molecular formula is C16H18FNO3S. The predicted octanol–water partition coefficient (Wildman–Crippen LogP) is 2.15. The van der Waals surface area contributed by atoms with Crippen LogP contribution in [0, 0.1) is 5.82 Å². The molecular weight excluding hydrogens is 305 g/mol. The molecule has 2 aromatic rings. The summed E-state index contributed by atoms with van der Waals surface area (Å²) in [7, 11) is -3.65. The first-order chi connectivity index (χ1) is 10.5. The van der Waals surface area contributed by atoms with Crippen molar-refractivity contribution in [3.05, 3.63) is 71.5 Å². The van der Waals surface area contributed by atoms with Gasteiger partial charge in [-0.1, -0.05) is 42.5 Å². The van der Waals surface area contributed by atoms with Gasteiger partial charge in [0.25, 0.3) is 0 Å². The van der Waals surface area contributed by atoms with Crippen LogP contribution in [0.5, 0.6) is 0 Å². The van der Waals surface area contributed by atoms with E-state index in [9.17, 15) is 12.8 Å². The number of nitrogens with zero attached hydrogens (tertiary/aromatic N) is 1. The van der Waals surface area contributed by atoms with E-state index in [1.807, 2.05) is 30.3 Å². The lowest BCUT2D eigenvalue weighted by molar-refractivity contribution is 0.251. The zero-order valence-corrected chi connectivity index (χ0v) is 12.8. The van der Waals surface area contributed by atoms with Gasteiger partial charge >= 0.3 is 0 Å². The molecule has 118 valence electrons. The van der Waals surface area contributed by atoms with Crippen LogP contribution in [0.4, 0.5) is 4.39 Å². The van der Waals surface area contributed by atoms with E-state index in [1.165, 1.54) is 22.5 Å². The van der Waals surface area contributed by atoms with E-state index in [4.69, 9.17) is 5.11 Å². The van der Waals surface area contributed by atoms with Gasteiger partial charge in [0.1, 0.15) is 5.82 Å². The maximum absolute atomic E-state index is 13.2. The Kier molecular flexibility index (Phi) is 5.65. The minimum absolute atomic E-state index is 0.00649. The van der Waals surface area contributed by atoms with Gasteiger partial charge in [-0.25, -0.2) is 12.8 Å². The second-order valence-electron chi connectivity index (χ2n) is 4.93. The predicted molar refractivity (Wildman–Crippen MR) is 83.0 cm³/mol. The summed E-state index contributed by atoms with van der Waals surface area (Å²) in [5, 5.41) is 9.12. The topological polar surface area (TPSA) is 57.6 Å². The molecule has 0 spiro atoms. The molecule has 0 saturated heterocycles. The minimum atomic E-state index is -3.65. The number of hydrogen-bond donors (Lipinski definition) is 1. The summed E-state index contributed by atoms with van der Waals surface area (Å²) in [6.45, 7) is -0.0825. The Hall–Kier alpha value is -1.76. The second kappa shape index (κ2) is 7.49. The van der Waals surface area contributed by atoms with Crippen molar-refractivity contribution >= 4 is 10.0 Å². The molecule has 0 atom stereocenters. The van der Waals surface area contributed by atoms with Gasteiger partial charge in [-0.3, -0.25) is 0 Å². The number of halogens is 1. The molecule has 0 heterocycles. The van der Waals surface area contributed by atoms with Crippen molar-refractivity contribution in [3.63, 3.8) is 0 Å². The number of rotatable bonds is 7. The molecule has 1 N–H and O–H groups in total. The maximum Gasteiger partial charge on any atom is 0.218 e. The van der Waals surface area contributed by atoms with Crippen molar-refractivity contribution in [2.45, 2.75) is 12.3 Å². The SMILES string of the molecule is O=S(=O)(Cc1cccc(F)c1)N(CCO)Cc1ccccc1. The van der Waals surface area contributed by atoms with Gasteiger partial charge in [-0.05, 0) is 23.3 Å². The van der Waals surface area contributed by atoms with Gasteiger partial charge < -0.3 is 5.11 Å².